The summed E-state index contributed by atoms with van der Waals surface area (Å²) < 4.78 is 0. The summed E-state index contributed by atoms with van der Waals surface area (Å²) in [6, 6.07) is 2.04. The predicted molar refractivity (Wildman–Crippen MR) is 63.6 cm³/mol. The van der Waals surface area contributed by atoms with Crippen LogP contribution in [0.2, 0.25) is 0 Å². The van der Waals surface area contributed by atoms with Crippen LogP contribution in [0.1, 0.15) is 18.4 Å². The Balaban J connectivity index is 2.01. The van der Waals surface area contributed by atoms with Crippen molar-refractivity contribution in [2.45, 2.75) is 19.8 Å². The molecule has 0 atom stereocenters. The molecule has 2 rings (SSSR count). The zero-order valence-corrected chi connectivity index (χ0v) is 9.48. The second-order valence-electron chi connectivity index (χ2n) is 4.31. The van der Waals surface area contributed by atoms with Gasteiger partial charge in [-0.2, -0.15) is 5.10 Å². The Hall–Kier alpha value is -1.65. The van der Waals surface area contributed by atoms with Crippen molar-refractivity contribution in [3.8, 4) is 0 Å². The highest BCUT2D eigenvalue weighted by molar-refractivity contribution is 5.79. The average molecular weight is 219 g/mol. The predicted octanol–water partition coefficient (Wildman–Crippen LogP) is 0.937. The molecule has 0 bridgehead atoms. The van der Waals surface area contributed by atoms with Gasteiger partial charge in [0.25, 0.3) is 0 Å². The number of amidine groups is 1. The van der Waals surface area contributed by atoms with Gasteiger partial charge in [0.15, 0.2) is 5.82 Å². The van der Waals surface area contributed by atoms with Crippen LogP contribution in [0.4, 0.5) is 5.82 Å². The molecular formula is C11H17N5. The van der Waals surface area contributed by atoms with Crippen molar-refractivity contribution in [1.29, 1.82) is 5.41 Å². The van der Waals surface area contributed by atoms with E-state index in [9.17, 15) is 0 Å². The first-order chi connectivity index (χ1) is 7.66. The number of nitrogens with zero attached hydrogens (tertiary/aromatic N) is 3. The number of aromatic nitrogens is 2. The maximum atomic E-state index is 7.42. The van der Waals surface area contributed by atoms with E-state index in [1.54, 1.807) is 6.20 Å². The first-order valence-corrected chi connectivity index (χ1v) is 5.55. The molecule has 0 radical (unpaired) electrons. The highest BCUT2D eigenvalue weighted by Gasteiger charge is 2.22. The molecule has 86 valence electrons. The Morgan fingerprint density at radius 3 is 2.75 bits per heavy atom. The first-order valence-electron chi connectivity index (χ1n) is 5.55. The van der Waals surface area contributed by atoms with Gasteiger partial charge in [0.05, 0.1) is 12.0 Å². The van der Waals surface area contributed by atoms with E-state index >= 15 is 0 Å². The summed E-state index contributed by atoms with van der Waals surface area (Å²) in [4.78, 5) is 2.21. The maximum absolute atomic E-state index is 7.42. The van der Waals surface area contributed by atoms with Crippen LogP contribution in [0.5, 0.6) is 0 Å². The van der Waals surface area contributed by atoms with Gasteiger partial charge in [-0.05, 0) is 31.4 Å². The summed E-state index contributed by atoms with van der Waals surface area (Å²) in [6.45, 7) is 3.82. The molecule has 0 aromatic carbocycles. The van der Waals surface area contributed by atoms with Gasteiger partial charge in [0, 0.05) is 19.0 Å². The molecule has 0 saturated carbocycles. The Bertz CT molecular complexity index is 382. The van der Waals surface area contributed by atoms with Crippen molar-refractivity contribution in [1.82, 2.24) is 10.2 Å². The minimum absolute atomic E-state index is 0.244. The lowest BCUT2D eigenvalue weighted by Crippen LogP contribution is -2.38. The van der Waals surface area contributed by atoms with Crippen LogP contribution in [0, 0.1) is 18.3 Å². The molecule has 16 heavy (non-hydrogen) atoms. The molecule has 0 spiro atoms. The van der Waals surface area contributed by atoms with E-state index in [1.165, 1.54) is 0 Å². The third-order valence-electron chi connectivity index (χ3n) is 3.04. The maximum Gasteiger partial charge on any atom is 0.151 e. The molecule has 1 aliphatic heterocycles. The first kappa shape index (κ1) is 10.9. The lowest BCUT2D eigenvalue weighted by Gasteiger charge is -2.31. The monoisotopic (exact) mass is 219 g/mol. The van der Waals surface area contributed by atoms with Gasteiger partial charge < -0.3 is 10.6 Å². The van der Waals surface area contributed by atoms with Gasteiger partial charge in [0.1, 0.15) is 0 Å². The van der Waals surface area contributed by atoms with Crippen LogP contribution in [0.25, 0.3) is 0 Å². The molecule has 1 fully saturated rings. The van der Waals surface area contributed by atoms with E-state index in [0.717, 1.165) is 37.3 Å². The standard InChI is InChI=1S/C11H17N5/c1-8-6-10(15-14-7-8)16-4-2-9(3-5-16)11(12)13/h6-7,9H,2-5H2,1H3,(H3,12,13). The van der Waals surface area contributed by atoms with E-state index < -0.39 is 0 Å². The molecule has 0 unspecified atom stereocenters. The molecule has 1 aromatic rings. The van der Waals surface area contributed by atoms with Crippen LogP contribution in [0.15, 0.2) is 12.3 Å². The second kappa shape index (κ2) is 4.47. The molecule has 5 nitrogen and oxygen atoms in total. The fourth-order valence-electron chi connectivity index (χ4n) is 2.02. The Labute approximate surface area is 95.2 Å². The molecule has 0 aliphatic carbocycles. The van der Waals surface area contributed by atoms with Gasteiger partial charge in [-0.1, -0.05) is 0 Å². The van der Waals surface area contributed by atoms with Crippen LogP contribution >= 0.6 is 0 Å². The largest absolute Gasteiger partial charge is 0.387 e. The molecule has 1 aromatic heterocycles. The Morgan fingerprint density at radius 1 is 1.50 bits per heavy atom. The molecule has 5 heteroatoms. The number of hydrogen-bond donors (Lipinski definition) is 2. The van der Waals surface area contributed by atoms with Gasteiger partial charge in [-0.15, -0.1) is 5.10 Å². The topological polar surface area (TPSA) is 78.9 Å². The van der Waals surface area contributed by atoms with E-state index in [-0.39, 0.29) is 5.92 Å². The average Bonchev–Trinajstić information content (AvgIpc) is 2.29. The quantitative estimate of drug-likeness (QED) is 0.573. The van der Waals surface area contributed by atoms with E-state index in [0.29, 0.717) is 5.84 Å². The third-order valence-corrected chi connectivity index (χ3v) is 3.04. The normalized spacial score (nSPS) is 17.4. The van der Waals surface area contributed by atoms with E-state index in [4.69, 9.17) is 11.1 Å². The molecule has 2 heterocycles. The summed E-state index contributed by atoms with van der Waals surface area (Å²) >= 11 is 0. The zero-order chi connectivity index (χ0) is 11.5. The fourth-order valence-corrected chi connectivity index (χ4v) is 2.02. The lowest BCUT2D eigenvalue weighted by atomic mass is 9.96. The molecular weight excluding hydrogens is 202 g/mol. The van der Waals surface area contributed by atoms with Gasteiger partial charge >= 0.3 is 0 Å². The van der Waals surface area contributed by atoms with Gasteiger partial charge in [0.2, 0.25) is 0 Å². The number of hydrogen-bond acceptors (Lipinski definition) is 4. The summed E-state index contributed by atoms with van der Waals surface area (Å²) in [7, 11) is 0. The number of nitrogens with two attached hydrogens (primary N) is 1. The molecule has 1 aliphatic rings. The van der Waals surface area contributed by atoms with Gasteiger partial charge in [-0.25, -0.2) is 0 Å². The number of rotatable bonds is 2. The van der Waals surface area contributed by atoms with Crippen LogP contribution in [-0.4, -0.2) is 29.1 Å². The summed E-state index contributed by atoms with van der Waals surface area (Å²) in [5.74, 6) is 1.49. The fraction of sp³-hybridized carbons (Fsp3) is 0.545. The number of nitrogens with one attached hydrogen (secondary N) is 1. The zero-order valence-electron chi connectivity index (χ0n) is 9.48. The van der Waals surface area contributed by atoms with Gasteiger partial charge in [-0.3, -0.25) is 5.41 Å². The number of anilines is 1. The second-order valence-corrected chi connectivity index (χ2v) is 4.31. The summed E-state index contributed by atoms with van der Waals surface area (Å²) in [6.07, 6.45) is 3.63. The minimum Gasteiger partial charge on any atom is -0.387 e. The molecule has 3 N–H and O–H groups in total. The van der Waals surface area contributed by atoms with Crippen molar-refractivity contribution < 1.29 is 0 Å². The van der Waals surface area contributed by atoms with Crippen LogP contribution < -0.4 is 10.6 Å². The van der Waals surface area contributed by atoms with Crippen LogP contribution in [-0.2, 0) is 0 Å². The van der Waals surface area contributed by atoms with E-state index in [1.807, 2.05) is 13.0 Å². The highest BCUT2D eigenvalue weighted by atomic mass is 15.3. The minimum atomic E-state index is 0.244. The summed E-state index contributed by atoms with van der Waals surface area (Å²) in [5, 5.41) is 15.5. The summed E-state index contributed by atoms with van der Waals surface area (Å²) in [5.41, 5.74) is 6.64. The van der Waals surface area contributed by atoms with Crippen molar-refractivity contribution in [3.05, 3.63) is 17.8 Å². The Morgan fingerprint density at radius 2 is 2.19 bits per heavy atom. The van der Waals surface area contributed by atoms with Crippen molar-refractivity contribution in [2.75, 3.05) is 18.0 Å². The number of piperidine rings is 1. The smallest absolute Gasteiger partial charge is 0.151 e. The van der Waals surface area contributed by atoms with Crippen LogP contribution in [0.3, 0.4) is 0 Å². The third kappa shape index (κ3) is 2.29. The number of aryl methyl sites for hydroxylation is 1. The lowest BCUT2D eigenvalue weighted by molar-refractivity contribution is 0.494. The molecule has 0 amide bonds. The molecule has 1 saturated heterocycles. The van der Waals surface area contributed by atoms with Crippen molar-refractivity contribution >= 4 is 11.7 Å². The van der Waals surface area contributed by atoms with Crippen molar-refractivity contribution in [3.63, 3.8) is 0 Å². The SMILES string of the molecule is Cc1cnnc(N2CCC(C(=N)N)CC2)c1. The Kier molecular flexibility index (Phi) is 3.03. The van der Waals surface area contributed by atoms with E-state index in [2.05, 4.69) is 15.1 Å². The highest BCUT2D eigenvalue weighted by Crippen LogP contribution is 2.21. The van der Waals surface area contributed by atoms with Crippen molar-refractivity contribution in [2.24, 2.45) is 11.7 Å².